The molecule has 27 heavy (non-hydrogen) atoms. The standard InChI is InChI=1S/C23H48N2O.ClH/c1-5-7-8-9-10-11-12-13-14-15-16-17-18-19-20-21-23(26)24-25(3,4)22-6-2;/h5-22H2,1-4H3;1H/p+1. The third-order valence-corrected chi connectivity index (χ3v) is 5.22. The van der Waals surface area contributed by atoms with Crippen LogP contribution in [0.15, 0.2) is 0 Å². The summed E-state index contributed by atoms with van der Waals surface area (Å²) >= 11 is 0. The highest BCUT2D eigenvalue weighted by molar-refractivity contribution is 5.85. The molecule has 0 aliphatic heterocycles. The van der Waals surface area contributed by atoms with Crippen molar-refractivity contribution >= 4 is 18.3 Å². The lowest BCUT2D eigenvalue weighted by Gasteiger charge is -2.28. The van der Waals surface area contributed by atoms with Gasteiger partial charge in [-0.15, -0.1) is 12.4 Å². The molecule has 0 unspecified atom stereocenters. The van der Waals surface area contributed by atoms with E-state index in [0.29, 0.717) is 11.0 Å². The van der Waals surface area contributed by atoms with Crippen LogP contribution in [0.2, 0.25) is 0 Å². The number of halogens is 1. The zero-order chi connectivity index (χ0) is 19.5. The molecule has 0 saturated carbocycles. The molecule has 164 valence electrons. The van der Waals surface area contributed by atoms with Crippen molar-refractivity contribution in [2.75, 3.05) is 20.6 Å². The van der Waals surface area contributed by atoms with E-state index in [1.807, 2.05) is 0 Å². The second-order valence-corrected chi connectivity index (χ2v) is 8.64. The number of rotatable bonds is 19. The smallest absolute Gasteiger partial charge is 0.264 e. The molecule has 0 aliphatic rings. The van der Waals surface area contributed by atoms with Crippen molar-refractivity contribution in [2.45, 2.75) is 123 Å². The second-order valence-electron chi connectivity index (χ2n) is 8.64. The number of quaternary nitrogens is 1. The van der Waals surface area contributed by atoms with Gasteiger partial charge in [0.1, 0.15) is 6.54 Å². The zero-order valence-corrected chi connectivity index (χ0v) is 19.8. The molecule has 1 N–H and O–H groups in total. The summed E-state index contributed by atoms with van der Waals surface area (Å²) in [5, 5.41) is 0. The van der Waals surface area contributed by atoms with E-state index in [4.69, 9.17) is 0 Å². The SMILES string of the molecule is CCCCCCCCCCCCCCCCCC(=O)N[N+](C)(C)CCC.Cl. The Balaban J connectivity index is 0. The molecular formula is C23H50ClN2O+. The predicted molar refractivity (Wildman–Crippen MR) is 122 cm³/mol. The molecule has 0 aromatic heterocycles. The largest absolute Gasteiger partial charge is 0.270 e. The van der Waals surface area contributed by atoms with E-state index in [9.17, 15) is 4.79 Å². The Morgan fingerprint density at radius 3 is 1.37 bits per heavy atom. The van der Waals surface area contributed by atoms with Gasteiger partial charge >= 0.3 is 0 Å². The monoisotopic (exact) mass is 405 g/mol. The minimum absolute atomic E-state index is 0. The second kappa shape index (κ2) is 20.5. The molecule has 1 amide bonds. The van der Waals surface area contributed by atoms with Crippen LogP contribution in [0.25, 0.3) is 0 Å². The van der Waals surface area contributed by atoms with Crippen LogP contribution in [0.3, 0.4) is 0 Å². The summed E-state index contributed by atoms with van der Waals surface area (Å²) in [6.07, 6.45) is 22.3. The van der Waals surface area contributed by atoms with E-state index < -0.39 is 0 Å². The minimum atomic E-state index is 0. The van der Waals surface area contributed by atoms with E-state index >= 15 is 0 Å². The van der Waals surface area contributed by atoms with Gasteiger partial charge in [-0.2, -0.15) is 0 Å². The van der Waals surface area contributed by atoms with Gasteiger partial charge in [-0.25, -0.2) is 10.0 Å². The van der Waals surface area contributed by atoms with Crippen LogP contribution < -0.4 is 5.43 Å². The van der Waals surface area contributed by atoms with E-state index in [-0.39, 0.29) is 18.3 Å². The maximum Gasteiger partial charge on any atom is 0.264 e. The van der Waals surface area contributed by atoms with Crippen LogP contribution in [-0.2, 0) is 4.79 Å². The average Bonchev–Trinajstić information content (AvgIpc) is 2.57. The van der Waals surface area contributed by atoms with Crippen molar-refractivity contribution in [1.82, 2.24) is 5.43 Å². The van der Waals surface area contributed by atoms with Gasteiger partial charge in [0.2, 0.25) is 0 Å². The third-order valence-electron chi connectivity index (χ3n) is 5.22. The van der Waals surface area contributed by atoms with Crippen LogP contribution in [-0.4, -0.2) is 31.1 Å². The lowest BCUT2D eigenvalue weighted by molar-refractivity contribution is -0.925. The van der Waals surface area contributed by atoms with Gasteiger partial charge in [-0.3, -0.25) is 4.79 Å². The summed E-state index contributed by atoms with van der Waals surface area (Å²) in [4.78, 5) is 11.9. The predicted octanol–water partition coefficient (Wildman–Crippen LogP) is 7.19. The molecule has 0 radical (unpaired) electrons. The summed E-state index contributed by atoms with van der Waals surface area (Å²) in [5.74, 6) is 0.207. The molecule has 0 aliphatic carbocycles. The molecule has 0 aromatic rings. The van der Waals surface area contributed by atoms with Crippen LogP contribution in [0.1, 0.15) is 123 Å². The molecular weight excluding hydrogens is 356 g/mol. The Morgan fingerprint density at radius 2 is 1.00 bits per heavy atom. The number of nitrogens with one attached hydrogen (secondary N) is 1. The number of nitrogens with zero attached hydrogens (tertiary/aromatic N) is 1. The van der Waals surface area contributed by atoms with Crippen molar-refractivity contribution in [3.63, 3.8) is 0 Å². The van der Waals surface area contributed by atoms with Gasteiger partial charge in [0.25, 0.3) is 5.91 Å². The van der Waals surface area contributed by atoms with Crippen molar-refractivity contribution in [1.29, 1.82) is 0 Å². The summed E-state index contributed by atoms with van der Waals surface area (Å²) in [6, 6.07) is 0. The highest BCUT2D eigenvalue weighted by Crippen LogP contribution is 2.13. The van der Waals surface area contributed by atoms with Gasteiger partial charge in [-0.1, -0.05) is 104 Å². The summed E-state index contributed by atoms with van der Waals surface area (Å²) in [6.45, 7) is 5.43. The first-order valence-corrected chi connectivity index (χ1v) is 11.7. The fourth-order valence-electron chi connectivity index (χ4n) is 3.67. The molecule has 3 nitrogen and oxygen atoms in total. The minimum Gasteiger partial charge on any atom is -0.270 e. The third kappa shape index (κ3) is 21.9. The lowest BCUT2D eigenvalue weighted by atomic mass is 10.0. The Labute approximate surface area is 177 Å². The Kier molecular flexibility index (Phi) is 21.9. The molecule has 0 spiro atoms. The van der Waals surface area contributed by atoms with Crippen LogP contribution in [0.4, 0.5) is 0 Å². The van der Waals surface area contributed by atoms with Crippen molar-refractivity contribution in [2.24, 2.45) is 0 Å². The summed E-state index contributed by atoms with van der Waals surface area (Å²) in [7, 11) is 4.13. The highest BCUT2D eigenvalue weighted by Gasteiger charge is 2.16. The van der Waals surface area contributed by atoms with Crippen molar-refractivity contribution in [3.05, 3.63) is 0 Å². The molecule has 4 heteroatoms. The van der Waals surface area contributed by atoms with Gasteiger partial charge in [-0.05, 0) is 12.8 Å². The topological polar surface area (TPSA) is 29.1 Å². The summed E-state index contributed by atoms with van der Waals surface area (Å²) in [5.41, 5.74) is 3.11. The quantitative estimate of drug-likeness (QED) is 0.137. The molecule has 0 atom stereocenters. The summed E-state index contributed by atoms with van der Waals surface area (Å²) < 4.78 is 0.605. The fraction of sp³-hybridized carbons (Fsp3) is 0.957. The first kappa shape index (κ1) is 28.9. The first-order valence-electron chi connectivity index (χ1n) is 11.7. The molecule has 0 aromatic carbocycles. The molecule has 0 saturated heterocycles. The van der Waals surface area contributed by atoms with Crippen LogP contribution in [0, 0.1) is 0 Å². The molecule has 0 rings (SSSR count). The Bertz CT molecular complexity index is 322. The lowest BCUT2D eigenvalue weighted by Crippen LogP contribution is -2.54. The number of carbonyl (C=O) groups is 1. The number of hydrogen-bond donors (Lipinski definition) is 1. The number of amides is 1. The maximum atomic E-state index is 11.9. The molecule has 0 heterocycles. The van der Waals surface area contributed by atoms with Crippen molar-refractivity contribution in [3.8, 4) is 0 Å². The van der Waals surface area contributed by atoms with Gasteiger partial charge in [0.15, 0.2) is 0 Å². The van der Waals surface area contributed by atoms with E-state index in [2.05, 4.69) is 33.4 Å². The van der Waals surface area contributed by atoms with Gasteiger partial charge in [0.05, 0.1) is 14.1 Å². The fourth-order valence-corrected chi connectivity index (χ4v) is 3.67. The van der Waals surface area contributed by atoms with E-state index in [1.165, 1.54) is 89.9 Å². The van der Waals surface area contributed by atoms with E-state index in [1.54, 1.807) is 0 Å². The van der Waals surface area contributed by atoms with Crippen LogP contribution in [0.5, 0.6) is 0 Å². The van der Waals surface area contributed by atoms with Crippen molar-refractivity contribution < 1.29 is 9.39 Å². The average molecular weight is 406 g/mol. The van der Waals surface area contributed by atoms with Gasteiger partial charge in [0, 0.05) is 6.42 Å². The Hall–Kier alpha value is -0.280. The normalized spacial score (nSPS) is 11.3. The maximum absolute atomic E-state index is 11.9. The molecule has 0 fully saturated rings. The first-order chi connectivity index (χ1) is 12.5. The highest BCUT2D eigenvalue weighted by atomic mass is 35.5. The van der Waals surface area contributed by atoms with Crippen LogP contribution >= 0.6 is 12.4 Å². The number of carbonyl (C=O) groups excluding carboxylic acids is 1. The van der Waals surface area contributed by atoms with Gasteiger partial charge < -0.3 is 0 Å². The van der Waals surface area contributed by atoms with E-state index in [0.717, 1.165) is 19.4 Å². The number of hydrogen-bond acceptors (Lipinski definition) is 1. The Morgan fingerprint density at radius 1 is 0.630 bits per heavy atom. The number of unbranched alkanes of at least 4 members (excludes halogenated alkanes) is 14. The zero-order valence-electron chi connectivity index (χ0n) is 19.0. The molecule has 0 bridgehead atoms.